The Morgan fingerprint density at radius 3 is 1.57 bits per heavy atom. The summed E-state index contributed by atoms with van der Waals surface area (Å²) in [5.41, 5.74) is 5.32. The third-order valence-electron chi connectivity index (χ3n) is 9.05. The number of unbranched alkanes of at least 4 members (excludes halogenated alkanes) is 12. The van der Waals surface area contributed by atoms with Gasteiger partial charge in [-0.15, -0.1) is 0 Å². The quantitative estimate of drug-likeness (QED) is 0.0169. The van der Waals surface area contributed by atoms with Crippen molar-refractivity contribution in [3.05, 3.63) is 60.8 Å². The Morgan fingerprint density at radius 2 is 1.07 bits per heavy atom. The average Bonchev–Trinajstić information content (AvgIpc) is 3.20. The van der Waals surface area contributed by atoms with Crippen LogP contribution < -0.4 is 5.73 Å². The lowest BCUT2D eigenvalue weighted by Crippen LogP contribution is -2.34. The molecule has 5 unspecified atom stereocenters. The van der Waals surface area contributed by atoms with Gasteiger partial charge in [0.25, 0.3) is 0 Å². The van der Waals surface area contributed by atoms with Crippen molar-refractivity contribution in [1.82, 2.24) is 0 Å². The highest BCUT2D eigenvalue weighted by Gasteiger charge is 2.28. The minimum atomic E-state index is -4.75. The Bertz CT molecular complexity index is 1250. The molecule has 58 heavy (non-hydrogen) atoms. The van der Waals surface area contributed by atoms with Crippen LogP contribution in [-0.4, -0.2) is 82.3 Å². The maximum absolute atomic E-state index is 12.6. The normalized spacial score (nSPS) is 15.4. The van der Waals surface area contributed by atoms with Gasteiger partial charge in [-0.25, -0.2) is 4.57 Å². The van der Waals surface area contributed by atoms with E-state index in [9.17, 15) is 34.1 Å². The average molecular weight is 842 g/mol. The summed E-state index contributed by atoms with van der Waals surface area (Å²) in [6.07, 6.45) is 37.3. The van der Waals surface area contributed by atoms with E-state index in [2.05, 4.69) is 35.8 Å². The van der Waals surface area contributed by atoms with Gasteiger partial charge in [0.05, 0.1) is 25.4 Å². The van der Waals surface area contributed by atoms with E-state index in [1.807, 2.05) is 43.4 Å². The first kappa shape index (κ1) is 55.1. The summed E-state index contributed by atoms with van der Waals surface area (Å²) in [5.74, 6) is -2.53. The van der Waals surface area contributed by atoms with Gasteiger partial charge in [0.15, 0.2) is 6.10 Å². The predicted molar refractivity (Wildman–Crippen MR) is 229 cm³/mol. The number of aliphatic carboxylic acids is 1. The summed E-state index contributed by atoms with van der Waals surface area (Å²) in [7, 11) is -4.75. The largest absolute Gasteiger partial charge is 0.480 e. The first-order valence-corrected chi connectivity index (χ1v) is 23.0. The molecule has 6 N–H and O–H groups in total. The molecule has 0 rings (SSSR count). The van der Waals surface area contributed by atoms with E-state index in [0.717, 1.165) is 38.5 Å². The number of aliphatic hydroxyl groups is 2. The topological polar surface area (TPSA) is 212 Å². The summed E-state index contributed by atoms with van der Waals surface area (Å²) in [6.45, 7) is 2.26. The Balaban J connectivity index is 4.53. The third-order valence-corrected chi connectivity index (χ3v) is 10.00. The van der Waals surface area contributed by atoms with Gasteiger partial charge in [0.2, 0.25) is 0 Å². The fourth-order valence-electron chi connectivity index (χ4n) is 5.43. The highest BCUT2D eigenvalue weighted by Crippen LogP contribution is 2.43. The number of ether oxygens (including phenoxy) is 2. The number of carbonyl (C=O) groups excluding carboxylic acids is 2. The second kappa shape index (κ2) is 38.3. The van der Waals surface area contributed by atoms with Crippen LogP contribution in [0.4, 0.5) is 0 Å². The summed E-state index contributed by atoms with van der Waals surface area (Å²) >= 11 is 0. The fraction of sp³-hybridized carbons (Fsp3) is 0.705. The van der Waals surface area contributed by atoms with Crippen LogP contribution in [-0.2, 0) is 37.5 Å². The molecule has 0 aromatic carbocycles. The van der Waals surface area contributed by atoms with Crippen LogP contribution in [0.25, 0.3) is 0 Å². The molecule has 0 aliphatic carbocycles. The van der Waals surface area contributed by atoms with Gasteiger partial charge in [-0.05, 0) is 51.4 Å². The van der Waals surface area contributed by atoms with Crippen LogP contribution in [0, 0.1) is 0 Å². The molecule has 13 nitrogen and oxygen atoms in total. The van der Waals surface area contributed by atoms with E-state index in [4.69, 9.17) is 24.8 Å². The minimum Gasteiger partial charge on any atom is -0.480 e. The Hall–Kier alpha value is -2.90. The lowest BCUT2D eigenvalue weighted by molar-refractivity contribution is -0.161. The van der Waals surface area contributed by atoms with Crippen molar-refractivity contribution in [3.8, 4) is 0 Å². The lowest BCUT2D eigenvalue weighted by Gasteiger charge is -2.20. The third kappa shape index (κ3) is 36.2. The van der Waals surface area contributed by atoms with Gasteiger partial charge in [-0.3, -0.25) is 23.4 Å². The number of phosphoric acid groups is 1. The molecular weight excluding hydrogens is 765 g/mol. The van der Waals surface area contributed by atoms with Gasteiger partial charge >= 0.3 is 25.7 Å². The molecule has 0 radical (unpaired) electrons. The van der Waals surface area contributed by atoms with Crippen LogP contribution in [0.1, 0.15) is 155 Å². The SMILES string of the molecule is CCCCCCCCCCCCCCCC(=O)OCC(COP(=O)(O)OCC(N)C(=O)O)OC(=O)CC/C=C/C/C=C/C/C=C/C/C=C/C/C=C/CC(O)C(O)CC. The molecule has 0 aliphatic rings. The molecule has 0 saturated carbocycles. The smallest absolute Gasteiger partial charge is 0.472 e. The van der Waals surface area contributed by atoms with Crippen LogP contribution in [0.15, 0.2) is 60.8 Å². The molecule has 5 atom stereocenters. The van der Waals surface area contributed by atoms with Crippen LogP contribution in [0.2, 0.25) is 0 Å². The highest BCUT2D eigenvalue weighted by molar-refractivity contribution is 7.47. The number of rotatable bonds is 39. The summed E-state index contributed by atoms with van der Waals surface area (Å²) < 4.78 is 32.5. The molecule has 0 aliphatic heterocycles. The second-order valence-electron chi connectivity index (χ2n) is 14.4. The number of carboxylic acid groups (broad SMARTS) is 1. The van der Waals surface area contributed by atoms with E-state index < -0.39 is 69.9 Å². The van der Waals surface area contributed by atoms with E-state index in [1.54, 1.807) is 0 Å². The van der Waals surface area contributed by atoms with Gasteiger partial charge in [-0.1, -0.05) is 152 Å². The molecule has 0 saturated heterocycles. The zero-order valence-corrected chi connectivity index (χ0v) is 36.2. The number of carboxylic acids is 1. The molecule has 0 aromatic rings. The summed E-state index contributed by atoms with van der Waals surface area (Å²) in [5, 5.41) is 28.2. The molecule has 0 aromatic heterocycles. The van der Waals surface area contributed by atoms with Crippen molar-refractivity contribution in [3.63, 3.8) is 0 Å². The van der Waals surface area contributed by atoms with Crippen molar-refractivity contribution in [1.29, 1.82) is 0 Å². The maximum atomic E-state index is 12.6. The van der Waals surface area contributed by atoms with Crippen LogP contribution in [0.5, 0.6) is 0 Å². The van der Waals surface area contributed by atoms with Gasteiger partial charge < -0.3 is 35.4 Å². The zero-order chi connectivity index (χ0) is 43.1. The monoisotopic (exact) mass is 842 g/mol. The van der Waals surface area contributed by atoms with E-state index in [-0.39, 0.29) is 12.8 Å². The number of phosphoric ester groups is 1. The number of nitrogens with two attached hydrogens (primary N) is 1. The molecule has 0 amide bonds. The van der Waals surface area contributed by atoms with Gasteiger partial charge in [0, 0.05) is 12.8 Å². The maximum Gasteiger partial charge on any atom is 0.472 e. The number of carbonyl (C=O) groups is 3. The highest BCUT2D eigenvalue weighted by atomic mass is 31.2. The number of hydrogen-bond donors (Lipinski definition) is 5. The minimum absolute atomic E-state index is 0.0142. The van der Waals surface area contributed by atoms with Crippen LogP contribution in [0.3, 0.4) is 0 Å². The van der Waals surface area contributed by atoms with Crippen LogP contribution >= 0.6 is 7.82 Å². The number of hydrogen-bond acceptors (Lipinski definition) is 11. The first-order valence-electron chi connectivity index (χ1n) is 21.5. The molecule has 14 heteroatoms. The predicted octanol–water partition coefficient (Wildman–Crippen LogP) is 9.11. The number of esters is 2. The van der Waals surface area contributed by atoms with E-state index in [1.165, 1.54) is 57.8 Å². The fourth-order valence-corrected chi connectivity index (χ4v) is 6.21. The zero-order valence-electron chi connectivity index (χ0n) is 35.3. The number of aliphatic hydroxyl groups excluding tert-OH is 2. The van der Waals surface area contributed by atoms with Crippen molar-refractivity contribution in [2.24, 2.45) is 5.73 Å². The summed E-state index contributed by atoms with van der Waals surface area (Å²) in [6, 6.07) is -1.54. The molecular formula is C44H76NO12P. The molecule has 0 heterocycles. The van der Waals surface area contributed by atoms with Crippen molar-refractivity contribution >= 4 is 25.7 Å². The van der Waals surface area contributed by atoms with Crippen molar-refractivity contribution in [2.75, 3.05) is 19.8 Å². The standard InChI is InChI=1S/C44H76NO12P/c1-3-5-6-7-8-9-10-14-18-21-24-27-30-33-42(48)54-35-38(36-55-58(52,53)56-37-39(45)44(50)51)57-43(49)34-31-28-25-22-19-16-13-11-12-15-17-20-23-26-29-32-41(47)40(46)4-2/h11-12,16-17,19-20,25-26,28-29,38-41,46-47H,3-10,13-15,18,21-24,27,30-37,45H2,1-2H3,(H,50,51)(H,52,53)/b12-11+,19-16+,20-17+,28-25+,29-26+. The molecule has 0 spiro atoms. The Morgan fingerprint density at radius 1 is 0.603 bits per heavy atom. The van der Waals surface area contributed by atoms with Crippen molar-refractivity contribution < 1.29 is 57.7 Å². The van der Waals surface area contributed by atoms with E-state index in [0.29, 0.717) is 32.1 Å². The van der Waals surface area contributed by atoms with Gasteiger partial charge in [0.1, 0.15) is 12.6 Å². The van der Waals surface area contributed by atoms with Gasteiger partial charge in [-0.2, -0.15) is 0 Å². The second-order valence-corrected chi connectivity index (χ2v) is 15.9. The molecule has 0 bridgehead atoms. The Labute approximate surface area is 348 Å². The Kier molecular flexibility index (Phi) is 36.4. The summed E-state index contributed by atoms with van der Waals surface area (Å²) in [4.78, 5) is 45.9. The first-order chi connectivity index (χ1) is 27.9. The lowest BCUT2D eigenvalue weighted by atomic mass is 10.0. The molecule has 334 valence electrons. The van der Waals surface area contributed by atoms with E-state index >= 15 is 0 Å². The van der Waals surface area contributed by atoms with Crippen molar-refractivity contribution in [2.45, 2.75) is 179 Å². The number of allylic oxidation sites excluding steroid dienone is 9. The molecule has 0 fully saturated rings.